The minimum absolute atomic E-state index is 0.212. The zero-order valence-corrected chi connectivity index (χ0v) is 10.4. The van der Waals surface area contributed by atoms with Crippen LogP contribution in [-0.4, -0.2) is 9.97 Å². The van der Waals surface area contributed by atoms with E-state index in [-0.39, 0.29) is 11.7 Å². The SMILES string of the molecule is CC(C)c1c(Cl)ncnc1-c1ccc(F)cc1. The van der Waals surface area contributed by atoms with Gasteiger partial charge >= 0.3 is 0 Å². The molecule has 0 saturated carbocycles. The Morgan fingerprint density at radius 2 is 1.76 bits per heavy atom. The lowest BCUT2D eigenvalue weighted by atomic mass is 9.99. The molecule has 17 heavy (non-hydrogen) atoms. The highest BCUT2D eigenvalue weighted by molar-refractivity contribution is 6.30. The van der Waals surface area contributed by atoms with Gasteiger partial charge in [0.1, 0.15) is 17.3 Å². The third kappa shape index (κ3) is 2.44. The lowest BCUT2D eigenvalue weighted by Gasteiger charge is -2.12. The summed E-state index contributed by atoms with van der Waals surface area (Å²) in [6, 6.07) is 6.21. The maximum Gasteiger partial charge on any atom is 0.136 e. The fraction of sp³-hybridized carbons (Fsp3) is 0.231. The molecule has 1 heterocycles. The van der Waals surface area contributed by atoms with Gasteiger partial charge < -0.3 is 0 Å². The van der Waals surface area contributed by atoms with E-state index in [9.17, 15) is 4.39 Å². The summed E-state index contributed by atoms with van der Waals surface area (Å²) >= 11 is 6.08. The predicted octanol–water partition coefficient (Wildman–Crippen LogP) is 4.06. The second-order valence-electron chi connectivity index (χ2n) is 4.09. The van der Waals surface area contributed by atoms with E-state index in [0.29, 0.717) is 5.15 Å². The quantitative estimate of drug-likeness (QED) is 0.751. The molecule has 2 aromatic rings. The molecule has 0 atom stereocenters. The number of hydrogen-bond donors (Lipinski definition) is 0. The summed E-state index contributed by atoms with van der Waals surface area (Å²) < 4.78 is 12.9. The Bertz CT molecular complexity index is 523. The van der Waals surface area contributed by atoms with E-state index in [1.54, 1.807) is 12.1 Å². The summed E-state index contributed by atoms with van der Waals surface area (Å²) in [4.78, 5) is 8.23. The lowest BCUT2D eigenvalue weighted by Crippen LogP contribution is -1.99. The number of aromatic nitrogens is 2. The molecule has 0 radical (unpaired) electrons. The van der Waals surface area contributed by atoms with Crippen molar-refractivity contribution in [2.75, 3.05) is 0 Å². The molecule has 1 aromatic carbocycles. The summed E-state index contributed by atoms with van der Waals surface area (Å²) in [5.41, 5.74) is 2.50. The van der Waals surface area contributed by atoms with Crippen molar-refractivity contribution < 1.29 is 4.39 Å². The maximum absolute atomic E-state index is 12.9. The largest absolute Gasteiger partial charge is 0.236 e. The summed E-state index contributed by atoms with van der Waals surface area (Å²) in [5, 5.41) is 0.453. The third-order valence-electron chi connectivity index (χ3n) is 2.53. The molecule has 4 heteroatoms. The molecule has 2 nitrogen and oxygen atoms in total. The molecule has 0 amide bonds. The van der Waals surface area contributed by atoms with Crippen LogP contribution in [-0.2, 0) is 0 Å². The van der Waals surface area contributed by atoms with Gasteiger partial charge in [0, 0.05) is 11.1 Å². The van der Waals surface area contributed by atoms with Gasteiger partial charge in [0.25, 0.3) is 0 Å². The highest BCUT2D eigenvalue weighted by Crippen LogP contribution is 2.31. The van der Waals surface area contributed by atoms with Gasteiger partial charge in [0.2, 0.25) is 0 Å². The summed E-state index contributed by atoms with van der Waals surface area (Å²) in [7, 11) is 0. The Balaban J connectivity index is 2.59. The van der Waals surface area contributed by atoms with E-state index in [1.807, 2.05) is 13.8 Å². The highest BCUT2D eigenvalue weighted by Gasteiger charge is 2.14. The Morgan fingerprint density at radius 3 is 2.35 bits per heavy atom. The molecule has 0 bridgehead atoms. The van der Waals surface area contributed by atoms with E-state index >= 15 is 0 Å². The second kappa shape index (κ2) is 4.80. The normalized spacial score (nSPS) is 10.9. The summed E-state index contributed by atoms with van der Waals surface area (Å²) in [6.45, 7) is 4.05. The molecule has 0 saturated heterocycles. The van der Waals surface area contributed by atoms with Crippen molar-refractivity contribution in [1.29, 1.82) is 0 Å². The Kier molecular flexibility index (Phi) is 3.38. The molecule has 0 aliphatic heterocycles. The minimum Gasteiger partial charge on any atom is -0.236 e. The van der Waals surface area contributed by atoms with Crippen LogP contribution in [0.1, 0.15) is 25.3 Å². The van der Waals surface area contributed by atoms with Crippen molar-refractivity contribution in [1.82, 2.24) is 9.97 Å². The van der Waals surface area contributed by atoms with Crippen LogP contribution >= 0.6 is 11.6 Å². The Labute approximate surface area is 104 Å². The zero-order valence-electron chi connectivity index (χ0n) is 9.61. The van der Waals surface area contributed by atoms with Crippen LogP contribution in [0.5, 0.6) is 0 Å². The second-order valence-corrected chi connectivity index (χ2v) is 4.45. The Morgan fingerprint density at radius 1 is 1.12 bits per heavy atom. The number of hydrogen-bond acceptors (Lipinski definition) is 2. The van der Waals surface area contributed by atoms with Crippen LogP contribution in [0.3, 0.4) is 0 Å². The summed E-state index contributed by atoms with van der Waals surface area (Å²) in [5.74, 6) is -0.0521. The van der Waals surface area contributed by atoms with E-state index < -0.39 is 0 Å². The van der Waals surface area contributed by atoms with Gasteiger partial charge in [-0.05, 0) is 30.2 Å². The standard InChI is InChI=1S/C13H12ClFN2/c1-8(2)11-12(16-7-17-13(11)14)9-3-5-10(15)6-4-9/h3-8H,1-2H3. The number of benzene rings is 1. The first-order valence-electron chi connectivity index (χ1n) is 5.36. The minimum atomic E-state index is -0.264. The first-order valence-corrected chi connectivity index (χ1v) is 5.73. The van der Waals surface area contributed by atoms with Gasteiger partial charge in [-0.25, -0.2) is 14.4 Å². The van der Waals surface area contributed by atoms with Crippen molar-refractivity contribution in [3.63, 3.8) is 0 Å². The Hall–Kier alpha value is -1.48. The van der Waals surface area contributed by atoms with Crippen LogP contribution in [0.4, 0.5) is 4.39 Å². The molecule has 0 N–H and O–H groups in total. The van der Waals surface area contributed by atoms with Gasteiger partial charge in [-0.1, -0.05) is 25.4 Å². The highest BCUT2D eigenvalue weighted by atomic mass is 35.5. The first-order chi connectivity index (χ1) is 8.09. The zero-order chi connectivity index (χ0) is 12.4. The molecule has 0 spiro atoms. The number of rotatable bonds is 2. The average Bonchev–Trinajstić information content (AvgIpc) is 2.29. The van der Waals surface area contributed by atoms with Crippen LogP contribution in [0.25, 0.3) is 11.3 Å². The van der Waals surface area contributed by atoms with E-state index in [4.69, 9.17) is 11.6 Å². The van der Waals surface area contributed by atoms with E-state index in [1.165, 1.54) is 18.5 Å². The summed E-state index contributed by atoms with van der Waals surface area (Å²) in [6.07, 6.45) is 1.42. The van der Waals surface area contributed by atoms with Crippen molar-refractivity contribution in [3.8, 4) is 11.3 Å². The van der Waals surface area contributed by atoms with E-state index in [0.717, 1.165) is 16.8 Å². The topological polar surface area (TPSA) is 25.8 Å². The predicted molar refractivity (Wildman–Crippen MR) is 66.5 cm³/mol. The molecule has 0 aliphatic rings. The molecule has 0 unspecified atom stereocenters. The molecular formula is C13H12ClFN2. The van der Waals surface area contributed by atoms with E-state index in [2.05, 4.69) is 9.97 Å². The average molecular weight is 251 g/mol. The maximum atomic E-state index is 12.9. The third-order valence-corrected chi connectivity index (χ3v) is 2.83. The fourth-order valence-electron chi connectivity index (χ4n) is 1.72. The molecule has 0 fully saturated rings. The molecule has 0 aliphatic carbocycles. The van der Waals surface area contributed by atoms with Crippen molar-refractivity contribution >= 4 is 11.6 Å². The van der Waals surface area contributed by atoms with Crippen LogP contribution in [0.15, 0.2) is 30.6 Å². The molecule has 1 aromatic heterocycles. The van der Waals surface area contributed by atoms with Gasteiger partial charge in [-0.3, -0.25) is 0 Å². The molecule has 88 valence electrons. The van der Waals surface area contributed by atoms with Crippen molar-refractivity contribution in [3.05, 3.63) is 47.1 Å². The monoisotopic (exact) mass is 250 g/mol. The van der Waals surface area contributed by atoms with Crippen LogP contribution < -0.4 is 0 Å². The van der Waals surface area contributed by atoms with Crippen molar-refractivity contribution in [2.45, 2.75) is 19.8 Å². The van der Waals surface area contributed by atoms with Gasteiger partial charge in [0.15, 0.2) is 0 Å². The van der Waals surface area contributed by atoms with Gasteiger partial charge in [-0.2, -0.15) is 0 Å². The first kappa shape index (κ1) is 12.0. The van der Waals surface area contributed by atoms with Gasteiger partial charge in [0.05, 0.1) is 5.69 Å². The lowest BCUT2D eigenvalue weighted by molar-refractivity contribution is 0.628. The smallest absolute Gasteiger partial charge is 0.136 e. The van der Waals surface area contributed by atoms with Crippen molar-refractivity contribution in [2.24, 2.45) is 0 Å². The fourth-order valence-corrected chi connectivity index (χ4v) is 2.07. The number of nitrogens with zero attached hydrogens (tertiary/aromatic N) is 2. The van der Waals surface area contributed by atoms with Crippen LogP contribution in [0, 0.1) is 5.82 Å². The van der Waals surface area contributed by atoms with Crippen LogP contribution in [0.2, 0.25) is 5.15 Å². The molecule has 2 rings (SSSR count). The molecular weight excluding hydrogens is 239 g/mol. The number of halogens is 2. The van der Waals surface area contributed by atoms with Gasteiger partial charge in [-0.15, -0.1) is 0 Å².